The Labute approximate surface area is 209 Å². The molecule has 0 unspecified atom stereocenters. The number of piperidine rings is 1. The Morgan fingerprint density at radius 1 is 1.14 bits per heavy atom. The summed E-state index contributed by atoms with van der Waals surface area (Å²) in [5.74, 6) is 1.49. The number of fused-ring (bicyclic) bond motifs is 1. The first-order valence-corrected chi connectivity index (χ1v) is 13.4. The quantitative estimate of drug-likeness (QED) is 0.669. The van der Waals surface area contributed by atoms with Gasteiger partial charge in [0.1, 0.15) is 5.82 Å². The molecule has 1 saturated carbocycles. The van der Waals surface area contributed by atoms with Crippen LogP contribution in [0.25, 0.3) is 0 Å². The van der Waals surface area contributed by atoms with E-state index in [2.05, 4.69) is 59.7 Å². The molecule has 2 aliphatic heterocycles. The third-order valence-electron chi connectivity index (χ3n) is 8.38. The summed E-state index contributed by atoms with van der Waals surface area (Å²) >= 11 is 0. The number of aromatic nitrogens is 1. The summed E-state index contributed by atoms with van der Waals surface area (Å²) in [4.78, 5) is 20.8. The predicted molar refractivity (Wildman–Crippen MR) is 140 cm³/mol. The van der Waals surface area contributed by atoms with Crippen LogP contribution in [0.5, 0.6) is 0 Å². The molecular weight excluding hydrogens is 436 g/mol. The lowest BCUT2D eigenvalue weighted by molar-refractivity contribution is -0.140. The highest BCUT2D eigenvalue weighted by Gasteiger charge is 2.38. The normalized spacial score (nSPS) is 28.9. The van der Waals surface area contributed by atoms with E-state index in [4.69, 9.17) is 9.72 Å². The van der Waals surface area contributed by atoms with Crippen LogP contribution >= 0.6 is 0 Å². The van der Waals surface area contributed by atoms with E-state index in [-0.39, 0.29) is 17.9 Å². The summed E-state index contributed by atoms with van der Waals surface area (Å²) in [6.07, 6.45) is 8.58. The second kappa shape index (κ2) is 10.7. The van der Waals surface area contributed by atoms with Gasteiger partial charge in [0.15, 0.2) is 0 Å². The Hall–Kier alpha value is -2.44. The minimum atomic E-state index is 0.0254. The molecule has 3 heterocycles. The molecule has 1 aromatic heterocycles. The van der Waals surface area contributed by atoms with Gasteiger partial charge >= 0.3 is 0 Å². The van der Waals surface area contributed by atoms with Crippen molar-refractivity contribution in [2.24, 2.45) is 5.92 Å². The van der Waals surface area contributed by atoms with Crippen LogP contribution in [0.2, 0.25) is 0 Å². The molecule has 5 rings (SSSR count). The second-order valence-corrected chi connectivity index (χ2v) is 10.8. The fraction of sp³-hybridized carbons (Fsp3) is 0.586. The van der Waals surface area contributed by atoms with Crippen molar-refractivity contribution in [3.63, 3.8) is 0 Å². The van der Waals surface area contributed by atoms with Crippen LogP contribution in [-0.2, 0) is 22.5 Å². The third kappa shape index (κ3) is 5.39. The van der Waals surface area contributed by atoms with Gasteiger partial charge in [0.2, 0.25) is 5.91 Å². The number of nitrogens with one attached hydrogen (secondary N) is 2. The van der Waals surface area contributed by atoms with E-state index >= 15 is 0 Å². The van der Waals surface area contributed by atoms with Crippen LogP contribution in [-0.4, -0.2) is 54.2 Å². The average molecular weight is 477 g/mol. The van der Waals surface area contributed by atoms with Crippen molar-refractivity contribution in [2.45, 2.75) is 83.0 Å². The highest BCUT2D eigenvalue weighted by atomic mass is 16.5. The first-order chi connectivity index (χ1) is 17.0. The van der Waals surface area contributed by atoms with Crippen LogP contribution in [0.3, 0.4) is 0 Å². The number of rotatable bonds is 5. The monoisotopic (exact) mass is 476 g/mol. The molecule has 2 aromatic rings. The predicted octanol–water partition coefficient (Wildman–Crippen LogP) is 4.43. The van der Waals surface area contributed by atoms with Crippen LogP contribution in [0, 0.1) is 12.8 Å². The molecule has 1 aromatic carbocycles. The van der Waals surface area contributed by atoms with Crippen LogP contribution in [0.4, 0.5) is 5.82 Å². The summed E-state index contributed by atoms with van der Waals surface area (Å²) in [6, 6.07) is 11.5. The van der Waals surface area contributed by atoms with Crippen molar-refractivity contribution in [1.29, 1.82) is 0 Å². The molecule has 2 N–H and O–H groups in total. The number of aryl methyl sites for hydroxylation is 1. The number of hydrogen-bond donors (Lipinski definition) is 2. The molecule has 1 saturated heterocycles. The van der Waals surface area contributed by atoms with E-state index in [9.17, 15) is 4.79 Å². The number of nitrogens with zero attached hydrogens (tertiary/aromatic N) is 2. The zero-order valence-electron chi connectivity index (χ0n) is 21.4. The number of anilines is 1. The topological polar surface area (TPSA) is 66.5 Å². The molecule has 1 amide bonds. The highest BCUT2D eigenvalue weighted by Crippen LogP contribution is 2.34. The number of ether oxygens (including phenoxy) is 1. The fourth-order valence-electron chi connectivity index (χ4n) is 6.27. The highest BCUT2D eigenvalue weighted by molar-refractivity contribution is 5.81. The lowest BCUT2D eigenvalue weighted by atomic mass is 9.79. The Balaban J connectivity index is 1.30. The van der Waals surface area contributed by atoms with E-state index in [0.717, 1.165) is 57.4 Å². The van der Waals surface area contributed by atoms with Gasteiger partial charge in [-0.1, -0.05) is 29.8 Å². The molecule has 0 bridgehead atoms. The van der Waals surface area contributed by atoms with Gasteiger partial charge in [-0.3, -0.25) is 4.79 Å². The number of carbonyl (C=O) groups excluding carboxylic acids is 1. The van der Waals surface area contributed by atoms with E-state index < -0.39 is 0 Å². The molecule has 1 aliphatic carbocycles. The number of carbonyl (C=O) groups is 1. The van der Waals surface area contributed by atoms with Gasteiger partial charge in [-0.05, 0) is 81.7 Å². The largest absolute Gasteiger partial charge is 0.381 e. The van der Waals surface area contributed by atoms with Crippen molar-refractivity contribution in [1.82, 2.24) is 15.2 Å². The fourth-order valence-corrected chi connectivity index (χ4v) is 6.27. The van der Waals surface area contributed by atoms with E-state index in [0.29, 0.717) is 24.6 Å². The Morgan fingerprint density at radius 3 is 2.74 bits per heavy atom. The average Bonchev–Trinajstić information content (AvgIpc) is 2.88. The SMILES string of the molecule is COC1CCC(Nc2cc3c(cn2)C[C@H](C)N(C(=O)[C@@H]2CCNC[C@H]2c2cccc(C)c2)C3)CC1. The molecule has 3 aliphatic rings. The van der Waals surface area contributed by atoms with Gasteiger partial charge in [0.05, 0.1) is 6.10 Å². The molecule has 0 radical (unpaired) electrons. The Bertz CT molecular complexity index is 1030. The number of pyridine rings is 1. The summed E-state index contributed by atoms with van der Waals surface area (Å²) in [6.45, 7) is 6.75. The summed E-state index contributed by atoms with van der Waals surface area (Å²) in [5, 5.41) is 7.17. The Kier molecular flexibility index (Phi) is 7.40. The maximum atomic E-state index is 14.0. The molecule has 188 valence electrons. The number of benzene rings is 1. The summed E-state index contributed by atoms with van der Waals surface area (Å²) in [7, 11) is 1.81. The molecule has 35 heavy (non-hydrogen) atoms. The zero-order valence-corrected chi connectivity index (χ0v) is 21.4. The van der Waals surface area contributed by atoms with Crippen molar-refractivity contribution in [3.05, 3.63) is 58.8 Å². The van der Waals surface area contributed by atoms with Crippen molar-refractivity contribution < 1.29 is 9.53 Å². The number of hydrogen-bond acceptors (Lipinski definition) is 5. The standard InChI is InChI=1S/C29H40N4O2/c1-19-5-4-6-21(13-19)27-17-30-12-11-26(27)29(34)33-18-23-15-28(31-16-22(23)14-20(33)2)32-24-7-9-25(35-3)10-8-24/h4-6,13,15-16,20,24-27,30H,7-12,14,17-18H2,1-3H3,(H,31,32)/t20-,24?,25?,26+,27-/m0/s1. The molecule has 3 atom stereocenters. The smallest absolute Gasteiger partial charge is 0.226 e. The van der Waals surface area contributed by atoms with Gasteiger partial charge in [-0.25, -0.2) is 4.98 Å². The zero-order chi connectivity index (χ0) is 24.4. The van der Waals surface area contributed by atoms with Gasteiger partial charge in [0, 0.05) is 50.3 Å². The molecule has 6 heteroatoms. The minimum absolute atomic E-state index is 0.0254. The van der Waals surface area contributed by atoms with Gasteiger partial charge in [-0.2, -0.15) is 0 Å². The maximum absolute atomic E-state index is 14.0. The maximum Gasteiger partial charge on any atom is 0.226 e. The van der Waals surface area contributed by atoms with Gasteiger partial charge in [0.25, 0.3) is 0 Å². The second-order valence-electron chi connectivity index (χ2n) is 10.8. The number of methoxy groups -OCH3 is 1. The first kappa shape index (κ1) is 24.3. The van der Waals surface area contributed by atoms with E-state index in [1.807, 2.05) is 13.3 Å². The van der Waals surface area contributed by atoms with Gasteiger partial charge < -0.3 is 20.3 Å². The van der Waals surface area contributed by atoms with Crippen LogP contribution in [0.15, 0.2) is 36.5 Å². The lowest BCUT2D eigenvalue weighted by Crippen LogP contribution is -2.49. The summed E-state index contributed by atoms with van der Waals surface area (Å²) < 4.78 is 5.51. The minimum Gasteiger partial charge on any atom is -0.381 e. The van der Waals surface area contributed by atoms with Crippen molar-refractivity contribution in [3.8, 4) is 0 Å². The van der Waals surface area contributed by atoms with E-state index in [1.165, 1.54) is 22.3 Å². The van der Waals surface area contributed by atoms with E-state index in [1.54, 1.807) is 0 Å². The summed E-state index contributed by atoms with van der Waals surface area (Å²) in [5.41, 5.74) is 5.04. The Morgan fingerprint density at radius 2 is 1.97 bits per heavy atom. The molecular formula is C29H40N4O2. The van der Waals surface area contributed by atoms with Gasteiger partial charge in [-0.15, -0.1) is 0 Å². The first-order valence-electron chi connectivity index (χ1n) is 13.4. The molecule has 2 fully saturated rings. The molecule has 0 spiro atoms. The van der Waals surface area contributed by atoms with Crippen molar-refractivity contribution in [2.75, 3.05) is 25.5 Å². The molecule has 6 nitrogen and oxygen atoms in total. The van der Waals surface area contributed by atoms with Crippen LogP contribution < -0.4 is 10.6 Å². The van der Waals surface area contributed by atoms with Crippen molar-refractivity contribution >= 4 is 11.7 Å². The number of amides is 1. The lowest BCUT2D eigenvalue weighted by Gasteiger charge is -2.40. The van der Waals surface area contributed by atoms with Crippen LogP contribution in [0.1, 0.15) is 67.2 Å². The third-order valence-corrected chi connectivity index (χ3v) is 8.38.